The molecule has 4 aliphatic rings. The number of hydrogen-bond donors (Lipinski definition) is 2. The third-order valence-electron chi connectivity index (χ3n) is 7.28. The molecule has 2 bridgehead atoms. The first-order valence-corrected chi connectivity index (χ1v) is 11.6. The van der Waals surface area contributed by atoms with Crippen molar-refractivity contribution in [1.29, 1.82) is 0 Å². The van der Waals surface area contributed by atoms with Gasteiger partial charge in [-0.3, -0.25) is 19.0 Å². The highest BCUT2D eigenvalue weighted by Crippen LogP contribution is 2.46. The molecule has 2 aliphatic carbocycles. The Morgan fingerprint density at radius 1 is 1.36 bits per heavy atom. The van der Waals surface area contributed by atoms with E-state index in [1.54, 1.807) is 6.08 Å². The molecule has 0 radical (unpaired) electrons. The van der Waals surface area contributed by atoms with Gasteiger partial charge in [-0.15, -0.1) is 0 Å². The lowest BCUT2D eigenvalue weighted by Crippen LogP contribution is -2.40. The van der Waals surface area contributed by atoms with Crippen molar-refractivity contribution in [2.75, 3.05) is 13.2 Å². The van der Waals surface area contributed by atoms with Crippen molar-refractivity contribution >= 4 is 23.5 Å². The summed E-state index contributed by atoms with van der Waals surface area (Å²) in [6.45, 7) is 3.66. The first kappa shape index (κ1) is 20.5. The van der Waals surface area contributed by atoms with E-state index < -0.39 is 17.3 Å². The lowest BCUT2D eigenvalue weighted by molar-refractivity contribution is -0.130. The summed E-state index contributed by atoms with van der Waals surface area (Å²) in [4.78, 5) is 40.7. The Morgan fingerprint density at radius 2 is 2.15 bits per heavy atom. The van der Waals surface area contributed by atoms with Crippen LogP contribution in [-0.2, 0) is 16.1 Å². The highest BCUT2D eigenvalue weighted by atomic mass is 16.5. The van der Waals surface area contributed by atoms with Crippen molar-refractivity contribution in [2.24, 2.45) is 5.41 Å². The molecular weight excluding hydrogens is 426 g/mol. The zero-order valence-corrected chi connectivity index (χ0v) is 18.5. The number of amides is 2. The van der Waals surface area contributed by atoms with Crippen LogP contribution in [0, 0.1) is 5.41 Å². The number of hydrogen-bond acceptors (Lipinski definition) is 6. The minimum atomic E-state index is -0.578. The number of rotatable bonds is 6. The Morgan fingerprint density at radius 3 is 2.79 bits per heavy atom. The molecular formula is C23H27N5O5. The summed E-state index contributed by atoms with van der Waals surface area (Å²) in [5, 5.41) is 17.9. The normalized spacial score (nSPS) is 25.3. The Labute approximate surface area is 189 Å². The van der Waals surface area contributed by atoms with Gasteiger partial charge >= 0.3 is 0 Å². The van der Waals surface area contributed by atoms with Crippen LogP contribution in [0.25, 0.3) is 11.7 Å². The molecule has 0 unspecified atom stereocenters. The summed E-state index contributed by atoms with van der Waals surface area (Å²) in [6, 6.07) is 0.162. The first-order valence-electron chi connectivity index (χ1n) is 11.6. The van der Waals surface area contributed by atoms with Crippen LogP contribution in [0.15, 0.2) is 17.1 Å². The molecule has 2 saturated heterocycles. The van der Waals surface area contributed by atoms with Crippen molar-refractivity contribution < 1.29 is 19.4 Å². The molecule has 4 heterocycles. The molecule has 2 aromatic rings. The maximum absolute atomic E-state index is 13.4. The average Bonchev–Trinajstić information content (AvgIpc) is 3.57. The monoisotopic (exact) mass is 453 g/mol. The van der Waals surface area contributed by atoms with E-state index in [9.17, 15) is 19.5 Å². The Bertz CT molecular complexity index is 1250. The second kappa shape index (κ2) is 7.18. The van der Waals surface area contributed by atoms with Crippen molar-refractivity contribution in [2.45, 2.75) is 63.8 Å². The van der Waals surface area contributed by atoms with Crippen LogP contribution in [0.4, 0.5) is 0 Å². The number of nitrogens with one attached hydrogen (secondary N) is 1. The molecule has 2 aromatic heterocycles. The summed E-state index contributed by atoms with van der Waals surface area (Å²) < 4.78 is 8.32. The summed E-state index contributed by atoms with van der Waals surface area (Å²) in [7, 11) is 0. The van der Waals surface area contributed by atoms with E-state index in [1.165, 1.54) is 21.4 Å². The predicted octanol–water partition coefficient (Wildman–Crippen LogP) is 0.907. The predicted molar refractivity (Wildman–Crippen MR) is 118 cm³/mol. The number of likely N-dealkylation sites (tertiary alicyclic amines) is 1. The van der Waals surface area contributed by atoms with Gasteiger partial charge in [-0.1, -0.05) is 6.92 Å². The van der Waals surface area contributed by atoms with Crippen LogP contribution in [0.5, 0.6) is 5.88 Å². The fourth-order valence-corrected chi connectivity index (χ4v) is 4.84. The number of morpholine rings is 1. The van der Waals surface area contributed by atoms with Crippen LogP contribution in [0.1, 0.15) is 54.9 Å². The van der Waals surface area contributed by atoms with E-state index >= 15 is 0 Å². The van der Waals surface area contributed by atoms with E-state index in [0.717, 1.165) is 32.1 Å². The highest BCUT2D eigenvalue weighted by molar-refractivity contribution is 5.97. The molecule has 2 N–H and O–H groups in total. The Hall–Kier alpha value is -3.14. The fourth-order valence-electron chi connectivity index (χ4n) is 4.84. The van der Waals surface area contributed by atoms with Gasteiger partial charge in [0.15, 0.2) is 5.56 Å². The molecule has 4 fully saturated rings. The maximum Gasteiger partial charge on any atom is 0.270 e. The topological polar surface area (TPSA) is 118 Å². The lowest BCUT2D eigenvalue weighted by Gasteiger charge is -2.25. The van der Waals surface area contributed by atoms with E-state index in [4.69, 9.17) is 4.74 Å². The van der Waals surface area contributed by atoms with Crippen molar-refractivity contribution in [3.8, 4) is 5.88 Å². The van der Waals surface area contributed by atoms with Gasteiger partial charge in [-0.25, -0.2) is 0 Å². The number of nitrogens with zero attached hydrogens (tertiary/aromatic N) is 4. The molecule has 2 amide bonds. The van der Waals surface area contributed by atoms with Gasteiger partial charge < -0.3 is 20.1 Å². The second-order valence-electron chi connectivity index (χ2n) is 10.2. The summed E-state index contributed by atoms with van der Waals surface area (Å²) in [5.74, 6) is -1.17. The first-order chi connectivity index (χ1) is 15.8. The molecule has 0 aromatic carbocycles. The van der Waals surface area contributed by atoms with Crippen LogP contribution in [0.2, 0.25) is 0 Å². The Kier molecular flexibility index (Phi) is 4.45. The average molecular weight is 453 g/mol. The number of carbonyl (C=O) groups excluding carboxylic acids is 2. The quantitative estimate of drug-likeness (QED) is 0.628. The summed E-state index contributed by atoms with van der Waals surface area (Å²) in [5.41, 5.74) is 0.0448. The van der Waals surface area contributed by atoms with Crippen LogP contribution < -0.4 is 10.9 Å². The molecule has 174 valence electrons. The zero-order valence-electron chi connectivity index (χ0n) is 18.5. The summed E-state index contributed by atoms with van der Waals surface area (Å²) >= 11 is 0. The van der Waals surface area contributed by atoms with Gasteiger partial charge in [0.25, 0.3) is 11.5 Å². The lowest BCUT2D eigenvalue weighted by atomic mass is 10.1. The van der Waals surface area contributed by atoms with Gasteiger partial charge in [-0.05, 0) is 43.6 Å². The van der Waals surface area contributed by atoms with Crippen molar-refractivity contribution in [1.82, 2.24) is 24.4 Å². The number of ether oxygens (including phenoxy) is 1. The van der Waals surface area contributed by atoms with Gasteiger partial charge in [-0.2, -0.15) is 9.61 Å². The van der Waals surface area contributed by atoms with Gasteiger partial charge in [0, 0.05) is 30.8 Å². The third kappa shape index (κ3) is 3.52. The van der Waals surface area contributed by atoms with E-state index in [2.05, 4.69) is 17.3 Å². The van der Waals surface area contributed by atoms with E-state index in [1.807, 2.05) is 4.90 Å². The van der Waals surface area contributed by atoms with E-state index in [0.29, 0.717) is 30.9 Å². The van der Waals surface area contributed by atoms with Crippen LogP contribution in [-0.4, -0.2) is 67.3 Å². The standard InChI is InChI=1S/C23H27N5O5/c1-23(6-7-23)12-27-20-13(2-5-17(29)26-10-16-8-15(26)11-33-16)9-24-28(20)22(32)18(21(27)31)19(30)25-14-3-4-14/h2,5,9,14-16,32H,3-4,6-8,10-12H2,1H3,(H,25,30)/b5-2+/t15-,16-/m0/s1. The summed E-state index contributed by atoms with van der Waals surface area (Å²) in [6.07, 6.45) is 9.31. The number of carbonyl (C=O) groups is 2. The maximum atomic E-state index is 13.4. The molecule has 10 nitrogen and oxygen atoms in total. The smallest absolute Gasteiger partial charge is 0.270 e. The molecule has 33 heavy (non-hydrogen) atoms. The number of fused-ring (bicyclic) bond motifs is 3. The van der Waals surface area contributed by atoms with Crippen molar-refractivity contribution in [3.63, 3.8) is 0 Å². The number of aromatic nitrogens is 3. The van der Waals surface area contributed by atoms with Crippen LogP contribution >= 0.6 is 0 Å². The molecule has 2 aliphatic heterocycles. The minimum Gasteiger partial charge on any atom is -0.492 e. The zero-order chi connectivity index (χ0) is 22.9. The fraction of sp³-hybridized carbons (Fsp3) is 0.565. The molecule has 2 saturated carbocycles. The van der Waals surface area contributed by atoms with Crippen molar-refractivity contribution in [3.05, 3.63) is 33.8 Å². The molecule has 0 spiro atoms. The van der Waals surface area contributed by atoms with Gasteiger partial charge in [0.2, 0.25) is 11.8 Å². The molecule has 6 rings (SSSR count). The van der Waals surface area contributed by atoms with Crippen LogP contribution in [0.3, 0.4) is 0 Å². The van der Waals surface area contributed by atoms with E-state index in [-0.39, 0.29) is 35.1 Å². The molecule has 2 atom stereocenters. The minimum absolute atomic E-state index is 0.0403. The Balaban J connectivity index is 1.39. The van der Waals surface area contributed by atoms with Gasteiger partial charge in [0.1, 0.15) is 5.65 Å². The SMILES string of the molecule is CC1(Cn2c(=O)c(C(=O)NC3CC3)c(O)n3ncc(/C=C/C(=O)N4C[C@@H]5C[C@H]4CO5)c23)CC1. The number of aromatic hydroxyl groups is 1. The second-order valence-corrected chi connectivity index (χ2v) is 10.2. The molecule has 10 heteroatoms. The largest absolute Gasteiger partial charge is 0.492 e. The third-order valence-corrected chi connectivity index (χ3v) is 7.28. The van der Waals surface area contributed by atoms with Gasteiger partial charge in [0.05, 0.1) is 24.9 Å². The highest BCUT2D eigenvalue weighted by Gasteiger charge is 2.41.